The second kappa shape index (κ2) is 9.03. The average molecular weight is 421 g/mol. The van der Waals surface area contributed by atoms with Crippen molar-refractivity contribution in [1.82, 2.24) is 10.2 Å². The Bertz CT molecular complexity index is 955. The van der Waals surface area contributed by atoms with Gasteiger partial charge in [0.05, 0.1) is 5.56 Å². The molecule has 1 N–H and O–H groups in total. The van der Waals surface area contributed by atoms with E-state index in [9.17, 15) is 18.0 Å². The van der Waals surface area contributed by atoms with E-state index in [0.717, 1.165) is 23.3 Å². The molecule has 0 aliphatic rings. The van der Waals surface area contributed by atoms with Crippen molar-refractivity contribution in [2.45, 2.75) is 16.3 Å². The number of anilines is 1. The van der Waals surface area contributed by atoms with Gasteiger partial charge >= 0.3 is 6.18 Å². The smallest absolute Gasteiger partial charge is 0.297 e. The van der Waals surface area contributed by atoms with E-state index in [4.69, 9.17) is 0 Å². The van der Waals surface area contributed by atoms with Crippen LogP contribution in [0.1, 0.15) is 16.7 Å². The predicted octanol–water partition coefficient (Wildman–Crippen LogP) is 5.50. The summed E-state index contributed by atoms with van der Waals surface area (Å²) >= 11 is 2.54. The minimum atomic E-state index is -4.34. The van der Waals surface area contributed by atoms with Crippen LogP contribution < -0.4 is 5.32 Å². The van der Waals surface area contributed by atoms with Crippen molar-refractivity contribution in [3.05, 3.63) is 77.4 Å². The van der Waals surface area contributed by atoms with Gasteiger partial charge in [0.25, 0.3) is 0 Å². The summed E-state index contributed by atoms with van der Waals surface area (Å²) in [6, 6.07) is 14.4. The van der Waals surface area contributed by atoms with Gasteiger partial charge in [-0.05, 0) is 29.3 Å². The molecular weight excluding hydrogens is 407 g/mol. The summed E-state index contributed by atoms with van der Waals surface area (Å²) in [4.78, 5) is 11.9. The maximum atomic E-state index is 12.6. The van der Waals surface area contributed by atoms with Gasteiger partial charge in [-0.25, -0.2) is 0 Å². The van der Waals surface area contributed by atoms with Crippen LogP contribution in [0.5, 0.6) is 0 Å². The van der Waals surface area contributed by atoms with E-state index in [1.807, 2.05) is 30.3 Å². The molecule has 0 saturated heterocycles. The number of alkyl halides is 3. The van der Waals surface area contributed by atoms with Gasteiger partial charge in [-0.15, -0.1) is 10.2 Å². The van der Waals surface area contributed by atoms with E-state index in [1.54, 1.807) is 6.08 Å². The molecule has 144 valence electrons. The summed E-state index contributed by atoms with van der Waals surface area (Å²) in [7, 11) is 0. The zero-order valence-electron chi connectivity index (χ0n) is 14.3. The number of hydrogen-bond acceptors (Lipinski definition) is 5. The number of rotatable bonds is 6. The van der Waals surface area contributed by atoms with Crippen molar-refractivity contribution >= 4 is 40.2 Å². The highest BCUT2D eigenvalue weighted by Crippen LogP contribution is 2.31. The molecule has 9 heteroatoms. The summed E-state index contributed by atoms with van der Waals surface area (Å²) < 4.78 is 38.3. The van der Waals surface area contributed by atoms with Crippen LogP contribution >= 0.6 is 23.1 Å². The first kappa shape index (κ1) is 20.1. The number of benzene rings is 2. The number of aromatic nitrogens is 2. The van der Waals surface area contributed by atoms with Crippen LogP contribution in [0.25, 0.3) is 6.08 Å². The first-order chi connectivity index (χ1) is 13.4. The van der Waals surface area contributed by atoms with Crippen molar-refractivity contribution in [3.8, 4) is 0 Å². The summed E-state index contributed by atoms with van der Waals surface area (Å²) in [5.74, 6) is 0.133. The van der Waals surface area contributed by atoms with E-state index in [1.165, 1.54) is 41.3 Å². The Kier molecular flexibility index (Phi) is 6.48. The number of carbonyl (C=O) groups excluding carboxylic acids is 1. The highest BCUT2D eigenvalue weighted by molar-refractivity contribution is 8.00. The van der Waals surface area contributed by atoms with Crippen LogP contribution in [-0.2, 0) is 16.7 Å². The van der Waals surface area contributed by atoms with Gasteiger partial charge in [0.2, 0.25) is 11.0 Å². The second-order valence-electron chi connectivity index (χ2n) is 5.59. The number of nitrogens with zero attached hydrogens (tertiary/aromatic N) is 2. The maximum absolute atomic E-state index is 12.6. The Morgan fingerprint density at radius 3 is 2.46 bits per heavy atom. The van der Waals surface area contributed by atoms with Crippen LogP contribution in [0.4, 0.5) is 18.3 Å². The minimum absolute atomic E-state index is 0.320. The molecule has 0 spiro atoms. The standard InChI is InChI=1S/C19H14F3N3OS2/c20-19(21,22)15-9-6-14(7-10-15)12-27-18-25-24-17(28-18)23-16(26)11-8-13-4-2-1-3-5-13/h1-11H,12H2,(H,23,24,26)/b11-8+. The Balaban J connectivity index is 1.51. The van der Waals surface area contributed by atoms with Gasteiger partial charge in [0, 0.05) is 11.8 Å². The molecule has 0 fully saturated rings. The molecule has 0 aliphatic carbocycles. The zero-order chi connectivity index (χ0) is 20.0. The molecule has 0 saturated carbocycles. The molecule has 0 aliphatic heterocycles. The summed E-state index contributed by atoms with van der Waals surface area (Å²) in [6.07, 6.45) is -1.24. The molecule has 2 aromatic carbocycles. The summed E-state index contributed by atoms with van der Waals surface area (Å²) in [6.45, 7) is 0. The predicted molar refractivity (Wildman–Crippen MR) is 105 cm³/mol. The molecule has 28 heavy (non-hydrogen) atoms. The number of thioether (sulfide) groups is 1. The number of carbonyl (C=O) groups is 1. The molecule has 3 rings (SSSR count). The third-order valence-corrected chi connectivity index (χ3v) is 5.55. The fraction of sp³-hybridized carbons (Fsp3) is 0.105. The van der Waals surface area contributed by atoms with Crippen molar-refractivity contribution in [2.24, 2.45) is 0 Å². The lowest BCUT2D eigenvalue weighted by molar-refractivity contribution is -0.137. The van der Waals surface area contributed by atoms with E-state index in [-0.39, 0.29) is 5.91 Å². The van der Waals surface area contributed by atoms with Gasteiger partial charge < -0.3 is 0 Å². The minimum Gasteiger partial charge on any atom is -0.297 e. The van der Waals surface area contributed by atoms with Crippen LogP contribution in [0.2, 0.25) is 0 Å². The lowest BCUT2D eigenvalue weighted by Gasteiger charge is -2.06. The molecule has 1 amide bonds. The second-order valence-corrected chi connectivity index (χ2v) is 7.79. The number of hydrogen-bond donors (Lipinski definition) is 1. The largest absolute Gasteiger partial charge is 0.416 e. The fourth-order valence-corrected chi connectivity index (χ4v) is 3.85. The molecular formula is C19H14F3N3OS2. The van der Waals surface area contributed by atoms with Gasteiger partial charge in [0.1, 0.15) is 0 Å². The van der Waals surface area contributed by atoms with Crippen LogP contribution in [0, 0.1) is 0 Å². The van der Waals surface area contributed by atoms with Crippen LogP contribution in [-0.4, -0.2) is 16.1 Å². The van der Waals surface area contributed by atoms with Crippen molar-refractivity contribution in [2.75, 3.05) is 5.32 Å². The maximum Gasteiger partial charge on any atom is 0.416 e. The zero-order valence-corrected chi connectivity index (χ0v) is 15.9. The highest BCUT2D eigenvalue weighted by atomic mass is 32.2. The summed E-state index contributed by atoms with van der Waals surface area (Å²) in [5, 5.41) is 10.9. The topological polar surface area (TPSA) is 54.9 Å². The van der Waals surface area contributed by atoms with E-state index >= 15 is 0 Å². The number of amides is 1. The first-order valence-electron chi connectivity index (χ1n) is 8.07. The molecule has 4 nitrogen and oxygen atoms in total. The lowest BCUT2D eigenvalue weighted by atomic mass is 10.1. The molecule has 0 unspecified atom stereocenters. The third-order valence-electron chi connectivity index (χ3n) is 3.51. The van der Waals surface area contributed by atoms with Crippen LogP contribution in [0.3, 0.4) is 0 Å². The molecule has 0 atom stereocenters. The molecule has 0 bridgehead atoms. The van der Waals surface area contributed by atoms with Gasteiger partial charge in [-0.3, -0.25) is 10.1 Å². The quantitative estimate of drug-likeness (QED) is 0.324. The number of halogens is 3. The Hall–Kier alpha value is -2.65. The summed E-state index contributed by atoms with van der Waals surface area (Å²) in [5.41, 5.74) is 0.970. The first-order valence-corrected chi connectivity index (χ1v) is 9.87. The average Bonchev–Trinajstić information content (AvgIpc) is 3.12. The monoisotopic (exact) mass is 421 g/mol. The normalized spacial score (nSPS) is 11.7. The Labute approximate surface area is 167 Å². The SMILES string of the molecule is O=C(/C=C/c1ccccc1)Nc1nnc(SCc2ccc(C(F)(F)F)cc2)s1. The third kappa shape index (κ3) is 5.93. The Morgan fingerprint density at radius 2 is 1.79 bits per heavy atom. The Morgan fingerprint density at radius 1 is 1.07 bits per heavy atom. The number of nitrogens with one attached hydrogen (secondary N) is 1. The van der Waals surface area contributed by atoms with E-state index in [2.05, 4.69) is 15.5 Å². The van der Waals surface area contributed by atoms with Crippen molar-refractivity contribution in [3.63, 3.8) is 0 Å². The highest BCUT2D eigenvalue weighted by Gasteiger charge is 2.29. The van der Waals surface area contributed by atoms with Gasteiger partial charge in [-0.2, -0.15) is 13.2 Å². The molecule has 1 aromatic heterocycles. The van der Waals surface area contributed by atoms with Crippen LogP contribution in [0.15, 0.2) is 65.0 Å². The van der Waals surface area contributed by atoms with Crippen molar-refractivity contribution in [1.29, 1.82) is 0 Å². The molecule has 1 heterocycles. The van der Waals surface area contributed by atoms with Gasteiger partial charge in [0.15, 0.2) is 4.34 Å². The van der Waals surface area contributed by atoms with E-state index < -0.39 is 11.7 Å². The molecule has 0 radical (unpaired) electrons. The van der Waals surface area contributed by atoms with E-state index in [0.29, 0.717) is 15.2 Å². The lowest BCUT2D eigenvalue weighted by Crippen LogP contribution is -2.07. The van der Waals surface area contributed by atoms with Crippen molar-refractivity contribution < 1.29 is 18.0 Å². The molecule has 3 aromatic rings. The fourth-order valence-electron chi connectivity index (χ4n) is 2.14. The van der Waals surface area contributed by atoms with Gasteiger partial charge in [-0.1, -0.05) is 65.6 Å².